The highest BCUT2D eigenvalue weighted by molar-refractivity contribution is 7.14. The van der Waals surface area contributed by atoms with Gasteiger partial charge in [-0.25, -0.2) is 8.78 Å². The summed E-state index contributed by atoms with van der Waals surface area (Å²) in [5, 5.41) is 2.59. The van der Waals surface area contributed by atoms with Crippen molar-refractivity contribution in [2.75, 3.05) is 6.54 Å². The summed E-state index contributed by atoms with van der Waals surface area (Å²) < 4.78 is 24.2. The number of pyridine rings is 1. The van der Waals surface area contributed by atoms with Crippen molar-refractivity contribution in [3.05, 3.63) is 51.0 Å². The Kier molecular flexibility index (Phi) is 3.60. The predicted molar refractivity (Wildman–Crippen MR) is 73.1 cm³/mol. The number of hydrogen-bond donors (Lipinski definition) is 1. The topological polar surface area (TPSA) is 59.1 Å². The van der Waals surface area contributed by atoms with Crippen molar-refractivity contribution >= 4 is 22.9 Å². The highest BCUT2D eigenvalue weighted by Crippen LogP contribution is 2.32. The molecular formula is C14H10F2N2O2S. The molecule has 0 unspecified atom stereocenters. The number of rotatable bonds is 4. The summed E-state index contributed by atoms with van der Waals surface area (Å²) in [4.78, 5) is 29.6. The smallest absolute Gasteiger partial charge is 0.250 e. The molecule has 21 heavy (non-hydrogen) atoms. The van der Waals surface area contributed by atoms with Crippen LogP contribution in [-0.2, 0) is 6.54 Å². The fourth-order valence-corrected chi connectivity index (χ4v) is 3.29. The van der Waals surface area contributed by atoms with Gasteiger partial charge in [0.15, 0.2) is 5.78 Å². The summed E-state index contributed by atoms with van der Waals surface area (Å²) in [6, 6.07) is 3.11. The first-order valence-electron chi connectivity index (χ1n) is 6.23. The molecule has 0 saturated carbocycles. The van der Waals surface area contributed by atoms with Gasteiger partial charge in [0.25, 0.3) is 6.43 Å². The van der Waals surface area contributed by atoms with Gasteiger partial charge in [-0.1, -0.05) is 0 Å². The van der Waals surface area contributed by atoms with Crippen LogP contribution in [0.4, 0.5) is 8.78 Å². The lowest BCUT2D eigenvalue weighted by Crippen LogP contribution is -2.20. The Morgan fingerprint density at radius 3 is 2.76 bits per heavy atom. The first kappa shape index (κ1) is 14.0. The van der Waals surface area contributed by atoms with Gasteiger partial charge in [-0.2, -0.15) is 0 Å². The molecule has 0 radical (unpaired) electrons. The quantitative estimate of drug-likeness (QED) is 0.803. The molecule has 0 bridgehead atoms. The van der Waals surface area contributed by atoms with Gasteiger partial charge in [-0.05, 0) is 12.1 Å². The van der Waals surface area contributed by atoms with Crippen LogP contribution in [0.1, 0.15) is 36.0 Å². The van der Waals surface area contributed by atoms with Gasteiger partial charge in [0.1, 0.15) is 0 Å². The van der Waals surface area contributed by atoms with Crippen molar-refractivity contribution < 1.29 is 18.4 Å². The molecular weight excluding hydrogens is 298 g/mol. The minimum Gasteiger partial charge on any atom is -0.306 e. The van der Waals surface area contributed by atoms with E-state index in [1.807, 2.05) is 0 Å². The number of thiophene rings is 1. The van der Waals surface area contributed by atoms with E-state index in [9.17, 15) is 18.4 Å². The highest BCUT2D eigenvalue weighted by Gasteiger charge is 2.31. The van der Waals surface area contributed by atoms with Crippen LogP contribution in [-0.4, -0.2) is 29.5 Å². The first-order chi connectivity index (χ1) is 10.1. The van der Waals surface area contributed by atoms with Gasteiger partial charge in [0.05, 0.1) is 17.0 Å². The maximum Gasteiger partial charge on any atom is 0.250 e. The molecule has 1 N–H and O–H groups in total. The summed E-state index contributed by atoms with van der Waals surface area (Å²) in [5.74, 6) is -0.462. The number of alkyl halides is 2. The van der Waals surface area contributed by atoms with Crippen LogP contribution >= 0.6 is 11.3 Å². The molecule has 2 aromatic rings. The number of carbonyl (C=O) groups excluding carboxylic acids is 2. The van der Waals surface area contributed by atoms with Crippen molar-refractivity contribution in [3.8, 4) is 0 Å². The van der Waals surface area contributed by atoms with E-state index in [2.05, 4.69) is 10.3 Å². The molecule has 2 heterocycles. The summed E-state index contributed by atoms with van der Waals surface area (Å²) in [6.07, 6.45) is 0.414. The molecule has 0 amide bonds. The molecule has 0 aliphatic heterocycles. The Hall–Kier alpha value is -1.99. The van der Waals surface area contributed by atoms with Gasteiger partial charge < -0.3 is 5.32 Å². The van der Waals surface area contributed by atoms with Crippen LogP contribution in [0.3, 0.4) is 0 Å². The molecule has 3 rings (SSSR count). The normalized spacial score (nSPS) is 13.5. The zero-order chi connectivity index (χ0) is 15.0. The number of hydrogen-bond acceptors (Lipinski definition) is 5. The van der Waals surface area contributed by atoms with Crippen molar-refractivity contribution in [1.29, 1.82) is 0 Å². The summed E-state index contributed by atoms with van der Waals surface area (Å²) in [7, 11) is 0. The van der Waals surface area contributed by atoms with Gasteiger partial charge in [-0.15, -0.1) is 11.3 Å². The Balaban J connectivity index is 1.90. The highest BCUT2D eigenvalue weighted by atomic mass is 32.1. The molecule has 0 fully saturated rings. The number of ketones is 2. The summed E-state index contributed by atoms with van der Waals surface area (Å²) >= 11 is 1.16. The number of halogens is 2. The van der Waals surface area contributed by atoms with Crippen LogP contribution in [0.2, 0.25) is 0 Å². The van der Waals surface area contributed by atoms with Crippen LogP contribution in [0, 0.1) is 0 Å². The fraction of sp³-hybridized carbons (Fsp3) is 0.214. The van der Waals surface area contributed by atoms with Crippen molar-refractivity contribution in [3.63, 3.8) is 0 Å². The third-order valence-electron chi connectivity index (χ3n) is 3.14. The molecule has 108 valence electrons. The zero-order valence-electron chi connectivity index (χ0n) is 10.7. The molecule has 2 aromatic heterocycles. The molecule has 0 atom stereocenters. The maximum atomic E-state index is 12.3. The number of fused-ring (bicyclic) bond motifs is 2. The second-order valence-corrected chi connectivity index (χ2v) is 5.69. The van der Waals surface area contributed by atoms with Crippen LogP contribution in [0.25, 0.3) is 0 Å². The molecule has 0 aromatic carbocycles. The second-order valence-electron chi connectivity index (χ2n) is 4.56. The van der Waals surface area contributed by atoms with Crippen molar-refractivity contribution in [1.82, 2.24) is 10.3 Å². The van der Waals surface area contributed by atoms with Gasteiger partial charge in [0, 0.05) is 34.9 Å². The van der Waals surface area contributed by atoms with E-state index >= 15 is 0 Å². The number of aromatic nitrogens is 1. The lowest BCUT2D eigenvalue weighted by molar-refractivity contribution is 0.0982. The number of nitrogens with zero attached hydrogens (tertiary/aromatic N) is 1. The van der Waals surface area contributed by atoms with Crippen LogP contribution < -0.4 is 5.32 Å². The van der Waals surface area contributed by atoms with Gasteiger partial charge in [0.2, 0.25) is 5.78 Å². The van der Waals surface area contributed by atoms with Crippen molar-refractivity contribution in [2.24, 2.45) is 0 Å². The monoisotopic (exact) mass is 308 g/mol. The first-order valence-corrected chi connectivity index (χ1v) is 7.04. The van der Waals surface area contributed by atoms with E-state index < -0.39 is 13.0 Å². The minimum atomic E-state index is -2.43. The number of carbonyl (C=O) groups is 2. The van der Waals surface area contributed by atoms with E-state index in [0.29, 0.717) is 26.4 Å². The van der Waals surface area contributed by atoms with Crippen molar-refractivity contribution in [2.45, 2.75) is 13.0 Å². The Morgan fingerprint density at radius 2 is 2.00 bits per heavy atom. The Morgan fingerprint density at radius 1 is 1.19 bits per heavy atom. The second kappa shape index (κ2) is 5.42. The third-order valence-corrected chi connectivity index (χ3v) is 4.28. The van der Waals surface area contributed by atoms with E-state index in [1.165, 1.54) is 18.5 Å². The lowest BCUT2D eigenvalue weighted by Gasteiger charge is -2.12. The standard InChI is InChI=1S/C14H10F2N2O2S/c15-11(16)6-18-4-7-3-9-12(19)10-5-17-2-1-8(10)13(20)14(9)21-7/h1-3,5,11,18H,4,6H2. The minimum absolute atomic E-state index is 0.206. The Bertz CT molecular complexity index is 675. The molecule has 7 heteroatoms. The van der Waals surface area contributed by atoms with Gasteiger partial charge in [-0.3, -0.25) is 14.6 Å². The van der Waals surface area contributed by atoms with Gasteiger partial charge >= 0.3 is 0 Å². The molecule has 0 spiro atoms. The average molecular weight is 308 g/mol. The molecule has 0 saturated heterocycles. The van der Waals surface area contributed by atoms with Crippen LogP contribution in [0.5, 0.6) is 0 Å². The fourth-order valence-electron chi connectivity index (χ4n) is 2.21. The molecule has 1 aliphatic rings. The number of nitrogens with one attached hydrogen (secondary N) is 1. The van der Waals surface area contributed by atoms with E-state index in [0.717, 1.165) is 11.3 Å². The largest absolute Gasteiger partial charge is 0.306 e. The SMILES string of the molecule is O=C1c2cnccc2C(=O)c2sc(CNCC(F)F)cc21. The molecule has 4 nitrogen and oxygen atoms in total. The maximum absolute atomic E-state index is 12.3. The van der Waals surface area contributed by atoms with E-state index in [1.54, 1.807) is 6.07 Å². The van der Waals surface area contributed by atoms with E-state index in [-0.39, 0.29) is 18.1 Å². The average Bonchev–Trinajstić information content (AvgIpc) is 2.89. The molecule has 1 aliphatic carbocycles. The zero-order valence-corrected chi connectivity index (χ0v) is 11.5. The van der Waals surface area contributed by atoms with Crippen LogP contribution in [0.15, 0.2) is 24.5 Å². The lowest BCUT2D eigenvalue weighted by atomic mass is 9.90. The third kappa shape index (κ3) is 2.50. The summed E-state index contributed by atoms with van der Waals surface area (Å²) in [5.41, 5.74) is 0.968. The predicted octanol–water partition coefficient (Wildman–Crippen LogP) is 2.27. The Labute approximate surface area is 122 Å². The van der Waals surface area contributed by atoms with E-state index in [4.69, 9.17) is 0 Å². The summed E-state index contributed by atoms with van der Waals surface area (Å²) in [6.45, 7) is -0.217.